The van der Waals surface area contributed by atoms with Crippen LogP contribution in [0.25, 0.3) is 0 Å². The molecule has 2 aromatic carbocycles. The van der Waals surface area contributed by atoms with Crippen LogP contribution in [0.3, 0.4) is 0 Å². The van der Waals surface area contributed by atoms with Crippen molar-refractivity contribution in [3.05, 3.63) is 54.1 Å². The van der Waals surface area contributed by atoms with E-state index in [0.717, 1.165) is 30.0 Å². The van der Waals surface area contributed by atoms with Crippen molar-refractivity contribution in [1.29, 1.82) is 0 Å². The quantitative estimate of drug-likeness (QED) is 0.761. The van der Waals surface area contributed by atoms with E-state index >= 15 is 0 Å². The summed E-state index contributed by atoms with van der Waals surface area (Å²) in [5.74, 6) is 0.0246. The lowest BCUT2D eigenvalue weighted by Gasteiger charge is -2.21. The second-order valence-electron chi connectivity index (χ2n) is 5.76. The predicted octanol–water partition coefficient (Wildman–Crippen LogP) is 4.28. The van der Waals surface area contributed by atoms with Crippen LogP contribution in [0.5, 0.6) is 0 Å². The van der Waals surface area contributed by atoms with Crippen LogP contribution in [0.15, 0.2) is 48.5 Å². The molecular weight excluding hydrogens is 298 g/mol. The molecule has 0 atom stereocenters. The lowest BCUT2D eigenvalue weighted by molar-refractivity contribution is -0.115. The lowest BCUT2D eigenvalue weighted by Crippen LogP contribution is -2.21. The van der Waals surface area contributed by atoms with Gasteiger partial charge in [0.25, 0.3) is 0 Å². The molecule has 2 N–H and O–H groups in total. The number of benzene rings is 2. The van der Waals surface area contributed by atoms with Crippen LogP contribution in [-0.4, -0.2) is 25.5 Å². The SMILES string of the molecule is CCN(CC)c1ccc(NCCC(=O)Nc2ccccc2C)cc1. The van der Waals surface area contributed by atoms with Gasteiger partial charge in [0.05, 0.1) is 0 Å². The third-order valence-electron chi connectivity index (χ3n) is 4.10. The first kappa shape index (κ1) is 17.9. The fraction of sp³-hybridized carbons (Fsp3) is 0.350. The molecule has 0 spiro atoms. The highest BCUT2D eigenvalue weighted by Gasteiger charge is 2.05. The van der Waals surface area contributed by atoms with E-state index in [2.05, 4.69) is 53.6 Å². The van der Waals surface area contributed by atoms with Crippen molar-refractivity contribution in [2.45, 2.75) is 27.2 Å². The van der Waals surface area contributed by atoms with E-state index < -0.39 is 0 Å². The molecule has 0 fully saturated rings. The maximum absolute atomic E-state index is 12.0. The predicted molar refractivity (Wildman–Crippen MR) is 103 cm³/mol. The molecule has 0 aliphatic carbocycles. The van der Waals surface area contributed by atoms with E-state index in [1.165, 1.54) is 5.69 Å². The summed E-state index contributed by atoms with van der Waals surface area (Å²) in [7, 11) is 0. The average molecular weight is 325 g/mol. The Morgan fingerprint density at radius 2 is 1.67 bits per heavy atom. The topological polar surface area (TPSA) is 44.4 Å². The summed E-state index contributed by atoms with van der Waals surface area (Å²) < 4.78 is 0. The van der Waals surface area contributed by atoms with Gasteiger partial charge in [-0.1, -0.05) is 18.2 Å². The molecule has 128 valence electrons. The van der Waals surface area contributed by atoms with Gasteiger partial charge in [-0.3, -0.25) is 4.79 Å². The standard InChI is InChI=1S/C20H27N3O/c1-4-23(5-2)18-12-10-17(11-13-18)21-15-14-20(24)22-19-9-7-6-8-16(19)3/h6-13,21H,4-5,14-15H2,1-3H3,(H,22,24). The molecule has 2 rings (SSSR count). The number of carbonyl (C=O) groups excluding carboxylic acids is 1. The first-order chi connectivity index (χ1) is 11.6. The van der Waals surface area contributed by atoms with Crippen molar-refractivity contribution in [3.8, 4) is 0 Å². The van der Waals surface area contributed by atoms with Crippen molar-refractivity contribution >= 4 is 23.0 Å². The van der Waals surface area contributed by atoms with Crippen LogP contribution in [0, 0.1) is 6.92 Å². The Bertz CT molecular complexity index is 648. The molecule has 0 saturated heterocycles. The molecule has 0 aromatic heterocycles. The minimum absolute atomic E-state index is 0.0246. The van der Waals surface area contributed by atoms with Crippen molar-refractivity contribution in [2.24, 2.45) is 0 Å². The minimum Gasteiger partial charge on any atom is -0.385 e. The summed E-state index contributed by atoms with van der Waals surface area (Å²) in [4.78, 5) is 14.3. The number of rotatable bonds is 8. The van der Waals surface area contributed by atoms with E-state index in [1.54, 1.807) is 0 Å². The van der Waals surface area contributed by atoms with Crippen LogP contribution in [0.1, 0.15) is 25.8 Å². The number of hydrogen-bond acceptors (Lipinski definition) is 3. The maximum Gasteiger partial charge on any atom is 0.226 e. The summed E-state index contributed by atoms with van der Waals surface area (Å²) in [6.45, 7) is 8.92. The summed E-state index contributed by atoms with van der Waals surface area (Å²) in [5.41, 5.74) is 4.22. The summed E-state index contributed by atoms with van der Waals surface area (Å²) in [6.07, 6.45) is 0.437. The van der Waals surface area contributed by atoms with Crippen molar-refractivity contribution in [2.75, 3.05) is 35.2 Å². The van der Waals surface area contributed by atoms with Crippen LogP contribution in [0.4, 0.5) is 17.1 Å². The monoisotopic (exact) mass is 325 g/mol. The Morgan fingerprint density at radius 3 is 2.29 bits per heavy atom. The molecular formula is C20H27N3O. The van der Waals surface area contributed by atoms with Gasteiger partial charge in [0.1, 0.15) is 0 Å². The van der Waals surface area contributed by atoms with Crippen LogP contribution >= 0.6 is 0 Å². The Balaban J connectivity index is 1.79. The van der Waals surface area contributed by atoms with Crippen LogP contribution in [0.2, 0.25) is 0 Å². The smallest absolute Gasteiger partial charge is 0.226 e. The van der Waals surface area contributed by atoms with E-state index in [4.69, 9.17) is 0 Å². The van der Waals surface area contributed by atoms with Gasteiger partial charge in [-0.15, -0.1) is 0 Å². The number of carbonyl (C=O) groups is 1. The molecule has 0 radical (unpaired) electrons. The van der Waals surface area contributed by atoms with E-state index in [-0.39, 0.29) is 5.91 Å². The fourth-order valence-corrected chi connectivity index (χ4v) is 2.63. The first-order valence-electron chi connectivity index (χ1n) is 8.58. The molecule has 4 nitrogen and oxygen atoms in total. The highest BCUT2D eigenvalue weighted by atomic mass is 16.1. The first-order valence-corrected chi connectivity index (χ1v) is 8.58. The molecule has 24 heavy (non-hydrogen) atoms. The van der Waals surface area contributed by atoms with Gasteiger partial charge < -0.3 is 15.5 Å². The summed E-state index contributed by atoms with van der Waals surface area (Å²) in [5, 5.41) is 6.25. The van der Waals surface area contributed by atoms with E-state index in [1.807, 2.05) is 31.2 Å². The zero-order valence-electron chi connectivity index (χ0n) is 14.8. The molecule has 0 unspecified atom stereocenters. The number of para-hydroxylation sites is 1. The van der Waals surface area contributed by atoms with E-state index in [0.29, 0.717) is 13.0 Å². The minimum atomic E-state index is 0.0246. The number of nitrogens with one attached hydrogen (secondary N) is 2. The molecule has 1 amide bonds. The highest BCUT2D eigenvalue weighted by Crippen LogP contribution is 2.18. The van der Waals surface area contributed by atoms with Crippen LogP contribution in [-0.2, 0) is 4.79 Å². The van der Waals surface area contributed by atoms with Gasteiger partial charge in [-0.05, 0) is 56.7 Å². The zero-order valence-corrected chi connectivity index (χ0v) is 14.8. The average Bonchev–Trinajstić information content (AvgIpc) is 2.59. The number of anilines is 3. The van der Waals surface area contributed by atoms with E-state index in [9.17, 15) is 4.79 Å². The third-order valence-corrected chi connectivity index (χ3v) is 4.10. The molecule has 0 aliphatic rings. The number of hydrogen-bond donors (Lipinski definition) is 2. The molecule has 2 aromatic rings. The summed E-state index contributed by atoms with van der Waals surface area (Å²) in [6, 6.07) is 16.2. The van der Waals surface area contributed by atoms with Gasteiger partial charge in [-0.2, -0.15) is 0 Å². The van der Waals surface area contributed by atoms with Crippen molar-refractivity contribution in [1.82, 2.24) is 0 Å². The zero-order chi connectivity index (χ0) is 17.4. The van der Waals surface area contributed by atoms with Gasteiger partial charge in [0.2, 0.25) is 5.91 Å². The molecule has 0 heterocycles. The second kappa shape index (κ2) is 8.96. The Hall–Kier alpha value is -2.49. The van der Waals surface area contributed by atoms with Crippen LogP contribution < -0.4 is 15.5 Å². The Kier molecular flexibility index (Phi) is 6.67. The van der Waals surface area contributed by atoms with Gasteiger partial charge in [0, 0.05) is 43.1 Å². The largest absolute Gasteiger partial charge is 0.385 e. The maximum atomic E-state index is 12.0. The number of aryl methyl sites for hydroxylation is 1. The Labute approximate surface area is 144 Å². The fourth-order valence-electron chi connectivity index (χ4n) is 2.63. The molecule has 0 saturated carbocycles. The van der Waals surface area contributed by atoms with Gasteiger partial charge in [-0.25, -0.2) is 0 Å². The normalized spacial score (nSPS) is 10.3. The summed E-state index contributed by atoms with van der Waals surface area (Å²) >= 11 is 0. The van der Waals surface area contributed by atoms with Gasteiger partial charge >= 0.3 is 0 Å². The lowest BCUT2D eigenvalue weighted by atomic mass is 10.2. The number of nitrogens with zero attached hydrogens (tertiary/aromatic N) is 1. The molecule has 4 heteroatoms. The van der Waals surface area contributed by atoms with Gasteiger partial charge in [0.15, 0.2) is 0 Å². The highest BCUT2D eigenvalue weighted by molar-refractivity contribution is 5.91. The van der Waals surface area contributed by atoms with Crippen molar-refractivity contribution in [3.63, 3.8) is 0 Å². The number of amides is 1. The second-order valence-corrected chi connectivity index (χ2v) is 5.76. The molecule has 0 aliphatic heterocycles. The molecule has 0 bridgehead atoms. The van der Waals surface area contributed by atoms with Crippen molar-refractivity contribution < 1.29 is 4.79 Å². The Morgan fingerprint density at radius 1 is 1.00 bits per heavy atom. The third kappa shape index (κ3) is 5.01.